The van der Waals surface area contributed by atoms with Crippen molar-refractivity contribution < 1.29 is 4.74 Å². The van der Waals surface area contributed by atoms with E-state index in [1.165, 1.54) is 11.5 Å². The Morgan fingerprint density at radius 3 is 2.84 bits per heavy atom. The van der Waals surface area contributed by atoms with Crippen LogP contribution in [0.5, 0.6) is 5.75 Å². The Kier molecular flexibility index (Phi) is 4.50. The lowest BCUT2D eigenvalue weighted by molar-refractivity contribution is 0.414. The van der Waals surface area contributed by atoms with E-state index in [9.17, 15) is 0 Å². The van der Waals surface area contributed by atoms with Gasteiger partial charge >= 0.3 is 0 Å². The molecule has 2 aromatic rings. The third kappa shape index (κ3) is 3.30. The minimum absolute atomic E-state index is 0.0653. The Bertz CT molecular complexity index is 539. The number of nitrogens with two attached hydrogens (primary N) is 1. The molecule has 1 unspecified atom stereocenters. The number of rotatable bonds is 5. The summed E-state index contributed by atoms with van der Waals surface area (Å²) in [4.78, 5) is 1.08. The molecule has 2 N–H and O–H groups in total. The van der Waals surface area contributed by atoms with Crippen molar-refractivity contribution in [2.75, 3.05) is 7.11 Å². The average molecular weight is 277 g/mol. The Labute approximate surface area is 117 Å². The SMILES string of the molecule is COc1cccc(CC(N)c2snnc2C(C)C)c1. The van der Waals surface area contributed by atoms with Crippen LogP contribution in [0.2, 0.25) is 0 Å². The summed E-state index contributed by atoms with van der Waals surface area (Å²) in [6, 6.07) is 7.93. The van der Waals surface area contributed by atoms with Crippen LogP contribution >= 0.6 is 11.5 Å². The number of aromatic nitrogens is 2. The van der Waals surface area contributed by atoms with Gasteiger partial charge in [0, 0.05) is 6.04 Å². The zero-order valence-electron chi connectivity index (χ0n) is 11.5. The van der Waals surface area contributed by atoms with Gasteiger partial charge in [-0.05, 0) is 41.6 Å². The normalized spacial score (nSPS) is 12.7. The highest BCUT2D eigenvalue weighted by atomic mass is 32.1. The first kappa shape index (κ1) is 14.0. The van der Waals surface area contributed by atoms with Crippen molar-refractivity contribution in [3.63, 3.8) is 0 Å². The molecular weight excluding hydrogens is 258 g/mol. The molecule has 2 rings (SSSR count). The molecule has 4 nitrogen and oxygen atoms in total. The first-order valence-electron chi connectivity index (χ1n) is 6.32. The molecule has 0 saturated carbocycles. The molecule has 5 heteroatoms. The minimum Gasteiger partial charge on any atom is -0.497 e. The van der Waals surface area contributed by atoms with Crippen LogP contribution in [-0.4, -0.2) is 16.7 Å². The van der Waals surface area contributed by atoms with E-state index in [1.807, 2.05) is 18.2 Å². The molecule has 1 aromatic carbocycles. The number of benzene rings is 1. The fourth-order valence-corrected chi connectivity index (χ4v) is 2.81. The summed E-state index contributed by atoms with van der Waals surface area (Å²) in [5, 5.41) is 4.18. The van der Waals surface area contributed by atoms with E-state index in [4.69, 9.17) is 10.5 Å². The molecule has 0 radical (unpaired) electrons. The van der Waals surface area contributed by atoms with E-state index in [-0.39, 0.29) is 6.04 Å². The van der Waals surface area contributed by atoms with Gasteiger partial charge < -0.3 is 10.5 Å². The lowest BCUT2D eigenvalue weighted by atomic mass is 10.0. The number of hydrogen-bond acceptors (Lipinski definition) is 5. The summed E-state index contributed by atoms with van der Waals surface area (Å²) in [6.07, 6.45) is 0.765. The predicted octanol–water partition coefficient (Wildman–Crippen LogP) is 2.91. The van der Waals surface area contributed by atoms with Gasteiger partial charge in [0.05, 0.1) is 17.7 Å². The summed E-state index contributed by atoms with van der Waals surface area (Å²) >= 11 is 1.40. The van der Waals surface area contributed by atoms with E-state index in [1.54, 1.807) is 7.11 Å². The largest absolute Gasteiger partial charge is 0.497 e. The second-order valence-corrected chi connectivity index (χ2v) is 5.62. The Balaban J connectivity index is 2.16. The first-order valence-corrected chi connectivity index (χ1v) is 7.09. The number of nitrogens with zero attached hydrogens (tertiary/aromatic N) is 2. The highest BCUT2D eigenvalue weighted by molar-refractivity contribution is 7.05. The molecule has 0 saturated heterocycles. The quantitative estimate of drug-likeness (QED) is 0.913. The average Bonchev–Trinajstić information content (AvgIpc) is 2.88. The molecule has 1 aromatic heterocycles. The van der Waals surface area contributed by atoms with Gasteiger partial charge in [0.1, 0.15) is 5.75 Å². The highest BCUT2D eigenvalue weighted by Gasteiger charge is 2.18. The number of hydrogen-bond donors (Lipinski definition) is 1. The second-order valence-electron chi connectivity index (χ2n) is 4.84. The van der Waals surface area contributed by atoms with Gasteiger partial charge in [0.15, 0.2) is 0 Å². The Hall–Kier alpha value is -1.46. The number of ether oxygens (including phenoxy) is 1. The van der Waals surface area contributed by atoms with Crippen LogP contribution in [-0.2, 0) is 6.42 Å². The third-order valence-corrected chi connectivity index (χ3v) is 3.89. The Morgan fingerprint density at radius 2 is 2.16 bits per heavy atom. The fraction of sp³-hybridized carbons (Fsp3) is 0.429. The molecular formula is C14H19N3OS. The van der Waals surface area contributed by atoms with Gasteiger partial charge in [-0.3, -0.25) is 0 Å². The molecule has 0 aliphatic rings. The molecule has 1 heterocycles. The van der Waals surface area contributed by atoms with Crippen LogP contribution in [0.3, 0.4) is 0 Å². The summed E-state index contributed by atoms with van der Waals surface area (Å²) in [7, 11) is 1.67. The lowest BCUT2D eigenvalue weighted by Crippen LogP contribution is -2.14. The first-order chi connectivity index (χ1) is 9.11. The lowest BCUT2D eigenvalue weighted by Gasteiger charge is -2.13. The van der Waals surface area contributed by atoms with Crippen LogP contribution in [0.15, 0.2) is 24.3 Å². The number of methoxy groups -OCH3 is 1. The molecule has 1 atom stereocenters. The predicted molar refractivity (Wildman–Crippen MR) is 77.6 cm³/mol. The van der Waals surface area contributed by atoms with Gasteiger partial charge in [-0.1, -0.05) is 30.5 Å². The van der Waals surface area contributed by atoms with Crippen LogP contribution in [0.25, 0.3) is 0 Å². The topological polar surface area (TPSA) is 61.0 Å². The molecule has 0 fully saturated rings. The van der Waals surface area contributed by atoms with Gasteiger partial charge in [0.2, 0.25) is 0 Å². The maximum absolute atomic E-state index is 6.29. The van der Waals surface area contributed by atoms with Crippen molar-refractivity contribution in [3.05, 3.63) is 40.4 Å². The van der Waals surface area contributed by atoms with Crippen molar-refractivity contribution in [1.82, 2.24) is 9.59 Å². The van der Waals surface area contributed by atoms with E-state index in [2.05, 4.69) is 29.5 Å². The molecule has 0 aliphatic carbocycles. The van der Waals surface area contributed by atoms with Crippen LogP contribution in [0.4, 0.5) is 0 Å². The van der Waals surface area contributed by atoms with Crippen LogP contribution in [0, 0.1) is 0 Å². The molecule has 102 valence electrons. The minimum atomic E-state index is -0.0653. The van der Waals surface area contributed by atoms with Crippen LogP contribution in [0.1, 0.15) is 41.9 Å². The summed E-state index contributed by atoms with van der Waals surface area (Å²) in [5.74, 6) is 1.21. The van der Waals surface area contributed by atoms with Gasteiger partial charge in [-0.2, -0.15) is 0 Å². The molecule has 0 bridgehead atoms. The monoisotopic (exact) mass is 277 g/mol. The van der Waals surface area contributed by atoms with Crippen molar-refractivity contribution in [2.24, 2.45) is 5.73 Å². The van der Waals surface area contributed by atoms with Crippen molar-refractivity contribution in [3.8, 4) is 5.75 Å². The molecule has 0 amide bonds. The standard InChI is InChI=1S/C14H19N3OS/c1-9(2)13-14(19-17-16-13)12(15)8-10-5-4-6-11(7-10)18-3/h4-7,9,12H,8,15H2,1-3H3. The van der Waals surface area contributed by atoms with Gasteiger partial charge in [-0.25, -0.2) is 0 Å². The van der Waals surface area contributed by atoms with E-state index in [0.29, 0.717) is 5.92 Å². The van der Waals surface area contributed by atoms with Crippen molar-refractivity contribution in [1.29, 1.82) is 0 Å². The van der Waals surface area contributed by atoms with Crippen molar-refractivity contribution in [2.45, 2.75) is 32.2 Å². The third-order valence-electron chi connectivity index (χ3n) is 3.01. The van der Waals surface area contributed by atoms with Gasteiger partial charge in [-0.15, -0.1) is 5.10 Å². The van der Waals surface area contributed by atoms with Crippen molar-refractivity contribution >= 4 is 11.5 Å². The smallest absolute Gasteiger partial charge is 0.119 e. The molecule has 19 heavy (non-hydrogen) atoms. The zero-order valence-corrected chi connectivity index (χ0v) is 12.3. The summed E-state index contributed by atoms with van der Waals surface area (Å²) in [6.45, 7) is 4.22. The maximum Gasteiger partial charge on any atom is 0.119 e. The maximum atomic E-state index is 6.29. The molecule has 0 aliphatic heterocycles. The van der Waals surface area contributed by atoms with E-state index >= 15 is 0 Å². The van der Waals surface area contributed by atoms with E-state index < -0.39 is 0 Å². The van der Waals surface area contributed by atoms with Gasteiger partial charge in [0.25, 0.3) is 0 Å². The summed E-state index contributed by atoms with van der Waals surface area (Å²) in [5.41, 5.74) is 8.47. The van der Waals surface area contributed by atoms with E-state index in [0.717, 1.165) is 28.3 Å². The summed E-state index contributed by atoms with van der Waals surface area (Å²) < 4.78 is 9.25. The second kappa shape index (κ2) is 6.12. The zero-order chi connectivity index (χ0) is 13.8. The van der Waals surface area contributed by atoms with Crippen LogP contribution < -0.4 is 10.5 Å². The fourth-order valence-electron chi connectivity index (χ4n) is 2.01. The highest BCUT2D eigenvalue weighted by Crippen LogP contribution is 2.27. The molecule has 0 spiro atoms. The Morgan fingerprint density at radius 1 is 1.37 bits per heavy atom.